The lowest BCUT2D eigenvalue weighted by atomic mass is 9.90. The number of carbonyl (C=O) groups excluding carboxylic acids is 1. The van der Waals surface area contributed by atoms with E-state index in [-0.39, 0.29) is 11.9 Å². The number of hydrogen-bond donors (Lipinski definition) is 1. The Kier molecular flexibility index (Phi) is 3.99. The van der Waals surface area contributed by atoms with Gasteiger partial charge < -0.3 is 5.32 Å². The molecule has 1 aliphatic rings. The number of aryl methyl sites for hydroxylation is 1. The Morgan fingerprint density at radius 2 is 2.04 bits per heavy atom. The van der Waals surface area contributed by atoms with Gasteiger partial charge in [0.05, 0.1) is 11.8 Å². The van der Waals surface area contributed by atoms with Crippen LogP contribution in [-0.4, -0.2) is 20.7 Å². The van der Waals surface area contributed by atoms with E-state index >= 15 is 0 Å². The van der Waals surface area contributed by atoms with Crippen LogP contribution in [0.25, 0.3) is 11.0 Å². The number of pyridine rings is 1. The van der Waals surface area contributed by atoms with Crippen LogP contribution in [0.5, 0.6) is 0 Å². The van der Waals surface area contributed by atoms with E-state index in [1.54, 1.807) is 12.4 Å². The molecule has 2 heterocycles. The van der Waals surface area contributed by atoms with E-state index in [1.807, 2.05) is 22.9 Å². The van der Waals surface area contributed by atoms with Crippen LogP contribution in [-0.2, 0) is 12.8 Å². The van der Waals surface area contributed by atoms with Crippen LogP contribution in [0.2, 0.25) is 0 Å². The maximum atomic E-state index is 12.7. The highest BCUT2D eigenvalue weighted by molar-refractivity contribution is 6.06. The minimum atomic E-state index is -0.120. The fourth-order valence-electron chi connectivity index (χ4n) is 3.54. The number of rotatable bonds is 3. The predicted octanol–water partition coefficient (Wildman–Crippen LogP) is 4.14. The summed E-state index contributed by atoms with van der Waals surface area (Å²) in [5.41, 5.74) is 4.94. The van der Waals surface area contributed by atoms with Gasteiger partial charge in [-0.25, -0.2) is 9.67 Å². The van der Waals surface area contributed by atoms with Crippen LogP contribution in [0.3, 0.4) is 0 Å². The van der Waals surface area contributed by atoms with Gasteiger partial charge in [0.1, 0.15) is 0 Å². The first-order chi connectivity index (χ1) is 12.1. The summed E-state index contributed by atoms with van der Waals surface area (Å²) in [7, 11) is 0. The summed E-state index contributed by atoms with van der Waals surface area (Å²) >= 11 is 0. The van der Waals surface area contributed by atoms with E-state index in [0.717, 1.165) is 29.6 Å². The molecule has 1 aliphatic carbocycles. The first-order valence-corrected chi connectivity index (χ1v) is 8.89. The number of hydrogen-bond acceptors (Lipinski definition) is 3. The lowest BCUT2D eigenvalue weighted by Gasteiger charge is -2.19. The maximum Gasteiger partial charge on any atom is 0.257 e. The van der Waals surface area contributed by atoms with Gasteiger partial charge >= 0.3 is 0 Å². The van der Waals surface area contributed by atoms with Crippen molar-refractivity contribution in [2.45, 2.75) is 45.6 Å². The number of anilines is 1. The monoisotopic (exact) mass is 334 g/mol. The highest BCUT2D eigenvalue weighted by Crippen LogP contribution is 2.28. The molecule has 0 bridgehead atoms. The van der Waals surface area contributed by atoms with Gasteiger partial charge in [0.2, 0.25) is 0 Å². The van der Waals surface area contributed by atoms with Crippen LogP contribution in [0, 0.1) is 0 Å². The van der Waals surface area contributed by atoms with Crippen LogP contribution in [0.1, 0.15) is 54.2 Å². The summed E-state index contributed by atoms with van der Waals surface area (Å²) in [5.74, 6) is -0.120. The van der Waals surface area contributed by atoms with E-state index in [9.17, 15) is 4.79 Å². The third-order valence-electron chi connectivity index (χ3n) is 4.83. The van der Waals surface area contributed by atoms with Gasteiger partial charge in [-0.05, 0) is 62.8 Å². The molecule has 3 aromatic rings. The molecule has 0 radical (unpaired) electrons. The van der Waals surface area contributed by atoms with Crippen LogP contribution in [0.15, 0.2) is 36.7 Å². The van der Waals surface area contributed by atoms with E-state index in [1.165, 1.54) is 24.0 Å². The lowest BCUT2D eigenvalue weighted by Crippen LogP contribution is -2.15. The van der Waals surface area contributed by atoms with Crippen LogP contribution < -0.4 is 5.32 Å². The fourth-order valence-corrected chi connectivity index (χ4v) is 3.54. The standard InChI is InChI=1S/C20H22N4O/c1-13(2)24-19-15(12-22-24)10-16(11-21-19)20(25)23-18-9-5-7-14-6-3-4-8-17(14)18/h5,7,9-13H,3-4,6,8H2,1-2H3,(H,23,25). The molecular weight excluding hydrogens is 312 g/mol. The molecule has 1 N–H and O–H groups in total. The molecule has 2 aromatic heterocycles. The number of benzene rings is 1. The number of carbonyl (C=O) groups is 1. The van der Waals surface area contributed by atoms with Crippen molar-refractivity contribution in [3.63, 3.8) is 0 Å². The molecule has 0 saturated heterocycles. The minimum absolute atomic E-state index is 0.120. The second-order valence-electron chi connectivity index (χ2n) is 6.92. The number of amides is 1. The highest BCUT2D eigenvalue weighted by atomic mass is 16.1. The van der Waals surface area contributed by atoms with Crippen molar-refractivity contribution in [2.75, 3.05) is 5.32 Å². The van der Waals surface area contributed by atoms with Crippen molar-refractivity contribution in [1.29, 1.82) is 0 Å². The number of nitrogens with zero attached hydrogens (tertiary/aromatic N) is 3. The van der Waals surface area contributed by atoms with Gasteiger partial charge in [0, 0.05) is 23.3 Å². The summed E-state index contributed by atoms with van der Waals surface area (Å²) in [6.07, 6.45) is 7.94. The quantitative estimate of drug-likeness (QED) is 0.783. The van der Waals surface area contributed by atoms with Gasteiger partial charge in [0.15, 0.2) is 5.65 Å². The van der Waals surface area contributed by atoms with Crippen molar-refractivity contribution < 1.29 is 4.79 Å². The molecule has 128 valence electrons. The van der Waals surface area contributed by atoms with Crippen molar-refractivity contribution in [2.24, 2.45) is 0 Å². The topological polar surface area (TPSA) is 59.8 Å². The Morgan fingerprint density at radius 3 is 2.88 bits per heavy atom. The Hall–Kier alpha value is -2.69. The summed E-state index contributed by atoms with van der Waals surface area (Å²) in [6, 6.07) is 8.27. The predicted molar refractivity (Wildman–Crippen MR) is 99.0 cm³/mol. The second kappa shape index (κ2) is 6.31. The molecule has 1 aromatic carbocycles. The van der Waals surface area contributed by atoms with Gasteiger partial charge in [-0.1, -0.05) is 12.1 Å². The van der Waals surface area contributed by atoms with E-state index < -0.39 is 0 Å². The molecule has 5 heteroatoms. The van der Waals surface area contributed by atoms with Crippen LogP contribution in [0.4, 0.5) is 5.69 Å². The Labute approximate surface area is 147 Å². The normalized spacial score (nSPS) is 13.9. The van der Waals surface area contributed by atoms with Gasteiger partial charge in [-0.15, -0.1) is 0 Å². The largest absolute Gasteiger partial charge is 0.322 e. The fraction of sp³-hybridized carbons (Fsp3) is 0.350. The minimum Gasteiger partial charge on any atom is -0.322 e. The average Bonchev–Trinajstić information content (AvgIpc) is 3.05. The molecule has 0 saturated carbocycles. The first-order valence-electron chi connectivity index (χ1n) is 8.89. The summed E-state index contributed by atoms with van der Waals surface area (Å²) in [4.78, 5) is 17.2. The SMILES string of the molecule is CC(C)n1ncc2cc(C(=O)Nc3cccc4c3CCCC4)cnc21. The van der Waals surface area contributed by atoms with Crippen molar-refractivity contribution in [3.05, 3.63) is 53.3 Å². The molecule has 0 spiro atoms. The van der Waals surface area contributed by atoms with Crippen molar-refractivity contribution in [3.8, 4) is 0 Å². The van der Waals surface area contributed by atoms with E-state index in [4.69, 9.17) is 0 Å². The Morgan fingerprint density at radius 1 is 1.20 bits per heavy atom. The van der Waals surface area contributed by atoms with Crippen LogP contribution >= 0.6 is 0 Å². The molecule has 0 aliphatic heterocycles. The molecule has 1 amide bonds. The van der Waals surface area contributed by atoms with Gasteiger partial charge in [-0.3, -0.25) is 4.79 Å². The Bertz CT molecular complexity index is 942. The molecule has 25 heavy (non-hydrogen) atoms. The molecule has 0 unspecified atom stereocenters. The summed E-state index contributed by atoms with van der Waals surface area (Å²) in [6.45, 7) is 4.13. The molecular formula is C20H22N4O. The summed E-state index contributed by atoms with van der Waals surface area (Å²) < 4.78 is 1.87. The maximum absolute atomic E-state index is 12.7. The second-order valence-corrected chi connectivity index (χ2v) is 6.92. The van der Waals surface area contributed by atoms with Crippen molar-refractivity contribution >= 4 is 22.6 Å². The smallest absolute Gasteiger partial charge is 0.257 e. The first kappa shape index (κ1) is 15.8. The third-order valence-corrected chi connectivity index (χ3v) is 4.83. The number of nitrogens with one attached hydrogen (secondary N) is 1. The zero-order valence-electron chi connectivity index (χ0n) is 14.6. The number of fused-ring (bicyclic) bond motifs is 2. The number of aromatic nitrogens is 3. The third kappa shape index (κ3) is 2.90. The van der Waals surface area contributed by atoms with E-state index in [2.05, 4.69) is 35.3 Å². The zero-order valence-corrected chi connectivity index (χ0v) is 14.6. The average molecular weight is 334 g/mol. The van der Waals surface area contributed by atoms with Crippen molar-refractivity contribution in [1.82, 2.24) is 14.8 Å². The zero-order chi connectivity index (χ0) is 17.4. The Balaban J connectivity index is 1.62. The highest BCUT2D eigenvalue weighted by Gasteiger charge is 2.16. The van der Waals surface area contributed by atoms with E-state index in [0.29, 0.717) is 5.56 Å². The lowest BCUT2D eigenvalue weighted by molar-refractivity contribution is 0.102. The summed E-state index contributed by atoms with van der Waals surface area (Å²) in [5, 5.41) is 8.32. The molecule has 4 rings (SSSR count). The molecule has 0 atom stereocenters. The molecule has 5 nitrogen and oxygen atoms in total. The molecule has 0 fully saturated rings. The van der Waals surface area contributed by atoms with Gasteiger partial charge in [-0.2, -0.15) is 5.10 Å². The van der Waals surface area contributed by atoms with Gasteiger partial charge in [0.25, 0.3) is 5.91 Å².